The molecule has 1 N–H and O–H groups in total. The second-order valence-electron chi connectivity index (χ2n) is 18.6. The van der Waals surface area contributed by atoms with Gasteiger partial charge in [-0.1, -0.05) is 60.7 Å². The molecular weight excluding hydrogens is 889 g/mol. The number of carboxylic acid groups (broad SMARTS) is 1. The number of fused-ring (bicyclic) bond motifs is 2. The van der Waals surface area contributed by atoms with Gasteiger partial charge in [0.15, 0.2) is 0 Å². The number of benzene rings is 4. The van der Waals surface area contributed by atoms with Crippen molar-refractivity contribution in [1.82, 2.24) is 18.9 Å². The van der Waals surface area contributed by atoms with Crippen molar-refractivity contribution in [2.45, 2.75) is 95.0 Å². The molecule has 0 spiro atoms. The van der Waals surface area contributed by atoms with E-state index in [1.54, 1.807) is 16.7 Å². The first-order valence-corrected chi connectivity index (χ1v) is 26.4. The number of hydrogen-bond donors (Lipinski definition) is 1. The van der Waals surface area contributed by atoms with Crippen molar-refractivity contribution >= 4 is 57.3 Å². The molecule has 0 unspecified atom stereocenters. The molecule has 2 aliphatic heterocycles. The Bertz CT molecular complexity index is 2710. The number of carbonyl (C=O) groups excluding carboxylic acids is 1. The molecule has 0 amide bonds. The van der Waals surface area contributed by atoms with E-state index in [4.69, 9.17) is 4.74 Å². The highest BCUT2D eigenvalue weighted by atomic mass is 32.2. The summed E-state index contributed by atoms with van der Waals surface area (Å²) in [7, 11) is 0. The summed E-state index contributed by atoms with van der Waals surface area (Å²) in [6.07, 6.45) is 5.76. The Morgan fingerprint density at radius 3 is 1.41 bits per heavy atom. The molecule has 8 rings (SSSR count). The SMILES string of the molecule is CCOC(=O)C1(CCCn2c(=O)ccc3ccc(C)cc32)CCN(CCSc2ccccc2)CC1.Cc1ccc2ccc(=O)n(CCCC3(C(=O)O)CCN(CCSc4ccccc4)CC3)c2c1. The van der Waals surface area contributed by atoms with Crippen LogP contribution in [0, 0.1) is 24.7 Å². The Morgan fingerprint density at radius 2 is 0.985 bits per heavy atom. The molecule has 68 heavy (non-hydrogen) atoms. The molecule has 2 saturated heterocycles. The lowest BCUT2D eigenvalue weighted by molar-refractivity contribution is -0.159. The first-order chi connectivity index (χ1) is 33.0. The number of thioether (sulfide) groups is 2. The maximum absolute atomic E-state index is 13.1. The molecular formula is C56H68N4O6S2. The Kier molecular flexibility index (Phi) is 18.2. The van der Waals surface area contributed by atoms with Crippen molar-refractivity contribution in [3.8, 4) is 0 Å². The molecule has 2 aromatic heterocycles. The molecule has 0 atom stereocenters. The Labute approximate surface area is 410 Å². The van der Waals surface area contributed by atoms with Crippen molar-refractivity contribution in [3.63, 3.8) is 0 Å². The number of carboxylic acids is 1. The molecule has 10 nitrogen and oxygen atoms in total. The van der Waals surface area contributed by atoms with Gasteiger partial charge in [0.2, 0.25) is 0 Å². The van der Waals surface area contributed by atoms with Crippen molar-refractivity contribution in [1.29, 1.82) is 0 Å². The topological polar surface area (TPSA) is 114 Å². The van der Waals surface area contributed by atoms with Gasteiger partial charge in [-0.05, 0) is 169 Å². The minimum absolute atomic E-state index is 0.0130. The molecule has 2 fully saturated rings. The van der Waals surface area contributed by atoms with Gasteiger partial charge in [-0.3, -0.25) is 19.2 Å². The van der Waals surface area contributed by atoms with Crippen LogP contribution in [0.25, 0.3) is 21.8 Å². The number of rotatable bonds is 19. The number of piperidine rings is 2. The van der Waals surface area contributed by atoms with Gasteiger partial charge >= 0.3 is 11.9 Å². The van der Waals surface area contributed by atoms with Gasteiger partial charge < -0.3 is 28.8 Å². The zero-order valence-electron chi connectivity index (χ0n) is 40.1. The van der Waals surface area contributed by atoms with Crippen LogP contribution in [-0.4, -0.2) is 93.4 Å². The minimum atomic E-state index is -0.693. The molecule has 360 valence electrons. The second kappa shape index (κ2) is 24.4. The fraction of sp³-hybridized carbons (Fsp3) is 0.429. The summed E-state index contributed by atoms with van der Waals surface area (Å²) in [5.74, 6) is 1.29. The second-order valence-corrected chi connectivity index (χ2v) is 20.9. The monoisotopic (exact) mass is 956 g/mol. The van der Waals surface area contributed by atoms with E-state index in [2.05, 4.69) is 76.5 Å². The number of aromatic nitrogens is 2. The van der Waals surface area contributed by atoms with Crippen LogP contribution in [0.15, 0.2) is 141 Å². The highest BCUT2D eigenvalue weighted by molar-refractivity contribution is 7.99. The van der Waals surface area contributed by atoms with E-state index in [0.29, 0.717) is 45.4 Å². The van der Waals surface area contributed by atoms with E-state index in [-0.39, 0.29) is 17.1 Å². The lowest BCUT2D eigenvalue weighted by Crippen LogP contribution is -2.46. The highest BCUT2D eigenvalue weighted by Gasteiger charge is 2.42. The van der Waals surface area contributed by atoms with Gasteiger partial charge in [0.05, 0.1) is 28.5 Å². The molecule has 0 bridgehead atoms. The highest BCUT2D eigenvalue weighted by Crippen LogP contribution is 2.39. The first kappa shape index (κ1) is 50.7. The summed E-state index contributed by atoms with van der Waals surface area (Å²) < 4.78 is 9.20. The summed E-state index contributed by atoms with van der Waals surface area (Å²) in [6.45, 7) is 12.9. The van der Waals surface area contributed by atoms with Crippen molar-refractivity contribution < 1.29 is 19.4 Å². The fourth-order valence-corrected chi connectivity index (χ4v) is 11.7. The number of carbonyl (C=O) groups is 2. The van der Waals surface area contributed by atoms with E-state index in [9.17, 15) is 24.3 Å². The van der Waals surface area contributed by atoms with E-state index < -0.39 is 16.8 Å². The lowest BCUT2D eigenvalue weighted by Gasteiger charge is -2.40. The fourth-order valence-electron chi connectivity index (χ4n) is 9.85. The number of ether oxygens (including phenoxy) is 1. The zero-order valence-corrected chi connectivity index (χ0v) is 41.7. The standard InChI is InChI=1S/C29H36N2O3S.C27H32N2O3S/c1-3-34-28(33)29(15-18-30(19-16-29)20-21-35-25-8-5-4-6-9-25)14-7-17-31-26-22-23(2)10-11-24(26)12-13-27(31)32;1-21-8-9-22-10-11-25(30)29(24(22)20-21)15-5-12-27(26(31)32)13-16-28(17-14-27)18-19-33-23-6-3-2-4-7-23/h4-6,8-13,22H,3,7,14-21H2,1-2H3;2-4,6-11,20H,5,12-19H2,1H3,(H,31,32). The third-order valence-electron chi connectivity index (χ3n) is 14.0. The smallest absolute Gasteiger partial charge is 0.312 e. The predicted molar refractivity (Wildman–Crippen MR) is 279 cm³/mol. The number of likely N-dealkylation sites (tertiary alicyclic amines) is 2. The number of pyridine rings is 2. The van der Waals surface area contributed by atoms with Crippen LogP contribution < -0.4 is 11.1 Å². The van der Waals surface area contributed by atoms with Crippen LogP contribution in [0.4, 0.5) is 0 Å². The quantitative estimate of drug-likeness (QED) is 0.0622. The Hall–Kier alpha value is -5.14. The first-order valence-electron chi connectivity index (χ1n) is 24.4. The number of aliphatic carboxylic acids is 1. The van der Waals surface area contributed by atoms with Gasteiger partial charge in [0, 0.05) is 59.6 Å². The van der Waals surface area contributed by atoms with Crippen LogP contribution in [-0.2, 0) is 27.4 Å². The van der Waals surface area contributed by atoms with E-state index in [1.807, 2.05) is 91.3 Å². The molecule has 12 heteroatoms. The van der Waals surface area contributed by atoms with Crippen LogP contribution >= 0.6 is 23.5 Å². The molecule has 2 aliphatic rings. The summed E-state index contributed by atoms with van der Waals surface area (Å²) in [6, 6.07) is 40.2. The lowest BCUT2D eigenvalue weighted by atomic mass is 9.74. The maximum atomic E-state index is 13.1. The third-order valence-corrected chi connectivity index (χ3v) is 16.0. The van der Waals surface area contributed by atoms with Gasteiger partial charge in [0.1, 0.15) is 0 Å². The van der Waals surface area contributed by atoms with Crippen molar-refractivity contribution in [2.24, 2.45) is 10.8 Å². The number of nitrogens with zero attached hydrogens (tertiary/aromatic N) is 4. The number of hydrogen-bond acceptors (Lipinski definition) is 9. The average molecular weight is 957 g/mol. The van der Waals surface area contributed by atoms with Crippen LogP contribution in [0.1, 0.15) is 69.4 Å². The van der Waals surface area contributed by atoms with Crippen LogP contribution in [0.2, 0.25) is 0 Å². The van der Waals surface area contributed by atoms with E-state index in [1.165, 1.54) is 9.79 Å². The molecule has 0 radical (unpaired) electrons. The molecule has 0 aliphatic carbocycles. The maximum Gasteiger partial charge on any atom is 0.312 e. The van der Waals surface area contributed by atoms with E-state index in [0.717, 1.165) is 109 Å². The van der Waals surface area contributed by atoms with E-state index >= 15 is 0 Å². The minimum Gasteiger partial charge on any atom is -0.481 e. The van der Waals surface area contributed by atoms with Gasteiger partial charge in [-0.25, -0.2) is 0 Å². The molecule has 0 saturated carbocycles. The normalized spacial score (nSPS) is 16.0. The van der Waals surface area contributed by atoms with Gasteiger partial charge in [-0.15, -0.1) is 23.5 Å². The summed E-state index contributed by atoms with van der Waals surface area (Å²) in [5, 5.41) is 12.2. The van der Waals surface area contributed by atoms with Crippen molar-refractivity contribution in [2.75, 3.05) is 57.4 Å². The average Bonchev–Trinajstić information content (AvgIpc) is 3.35. The molecule has 4 heterocycles. The molecule has 4 aromatic carbocycles. The molecule has 6 aromatic rings. The summed E-state index contributed by atoms with van der Waals surface area (Å²) in [5.41, 5.74) is 2.99. The zero-order chi connectivity index (χ0) is 47.9. The Morgan fingerprint density at radius 1 is 0.574 bits per heavy atom. The summed E-state index contributed by atoms with van der Waals surface area (Å²) >= 11 is 3.72. The largest absolute Gasteiger partial charge is 0.481 e. The Balaban J connectivity index is 0.000000202. The van der Waals surface area contributed by atoms with Crippen LogP contribution in [0.5, 0.6) is 0 Å². The van der Waals surface area contributed by atoms with Crippen LogP contribution in [0.3, 0.4) is 0 Å². The number of aryl methyl sites for hydroxylation is 4. The third kappa shape index (κ3) is 13.3. The van der Waals surface area contributed by atoms with Crippen molar-refractivity contribution in [3.05, 3.63) is 153 Å². The van der Waals surface area contributed by atoms with Gasteiger partial charge in [0.25, 0.3) is 11.1 Å². The summed E-state index contributed by atoms with van der Waals surface area (Å²) in [4.78, 5) is 57.9. The predicted octanol–water partition coefficient (Wildman–Crippen LogP) is 10.6. The van der Waals surface area contributed by atoms with Gasteiger partial charge in [-0.2, -0.15) is 0 Å². The number of esters is 1.